The van der Waals surface area contributed by atoms with Crippen LogP contribution in [0.4, 0.5) is 0 Å². The van der Waals surface area contributed by atoms with Crippen LogP contribution < -0.4 is 5.32 Å². The largest absolute Gasteiger partial charge is 0.412 e. The van der Waals surface area contributed by atoms with Gasteiger partial charge in [-0.2, -0.15) is 0 Å². The molecule has 1 fully saturated rings. The zero-order valence-electron chi connectivity index (χ0n) is 14.8. The zero-order valence-corrected chi connectivity index (χ0v) is 15.8. The van der Waals surface area contributed by atoms with Gasteiger partial charge in [-0.1, -0.05) is 32.9 Å². The van der Waals surface area contributed by atoms with E-state index in [0.29, 0.717) is 18.2 Å². The molecule has 0 bridgehead atoms. The van der Waals surface area contributed by atoms with Gasteiger partial charge in [0.1, 0.15) is 0 Å². The molecule has 2 aliphatic rings. The van der Waals surface area contributed by atoms with Gasteiger partial charge in [0.25, 0.3) is 0 Å². The molecule has 0 aromatic heterocycles. The van der Waals surface area contributed by atoms with Crippen molar-refractivity contribution in [2.45, 2.75) is 76.4 Å². The molecule has 0 aromatic carbocycles. The summed E-state index contributed by atoms with van der Waals surface area (Å²) in [6.07, 6.45) is 8.75. The molecule has 3 nitrogen and oxygen atoms in total. The molecule has 0 saturated heterocycles. The minimum Gasteiger partial charge on any atom is -0.412 e. The molecule has 0 radical (unpaired) electrons. The molecule has 0 unspecified atom stereocenters. The fraction of sp³-hybridized carbons (Fsp3) is 0.882. The Balaban J connectivity index is 2.14. The van der Waals surface area contributed by atoms with Crippen molar-refractivity contribution in [3.63, 3.8) is 0 Å². The Morgan fingerprint density at radius 2 is 1.76 bits per heavy atom. The van der Waals surface area contributed by atoms with Gasteiger partial charge in [0.2, 0.25) is 0 Å². The highest BCUT2D eigenvalue weighted by Crippen LogP contribution is 2.40. The Kier molecular flexibility index (Phi) is 5.34. The van der Waals surface area contributed by atoms with Crippen LogP contribution in [0.5, 0.6) is 0 Å². The summed E-state index contributed by atoms with van der Waals surface area (Å²) in [5.41, 5.74) is 0. The van der Waals surface area contributed by atoms with Crippen LogP contribution in [0.25, 0.3) is 0 Å². The average Bonchev–Trinajstić information content (AvgIpc) is 2.90. The summed E-state index contributed by atoms with van der Waals surface area (Å²) in [6.45, 7) is 13.9. The van der Waals surface area contributed by atoms with Gasteiger partial charge in [-0.05, 0) is 44.4 Å². The molecule has 1 saturated carbocycles. The maximum absolute atomic E-state index is 6.83. The van der Waals surface area contributed by atoms with Crippen molar-refractivity contribution in [3.05, 3.63) is 12.2 Å². The van der Waals surface area contributed by atoms with Crippen LogP contribution in [0.3, 0.4) is 0 Å². The second-order valence-corrected chi connectivity index (χ2v) is 12.9. The lowest BCUT2D eigenvalue weighted by Crippen LogP contribution is -2.60. The van der Waals surface area contributed by atoms with Gasteiger partial charge in [0, 0.05) is 19.1 Å². The van der Waals surface area contributed by atoms with Crippen molar-refractivity contribution in [1.82, 2.24) is 10.2 Å². The number of likely N-dealkylation sites (N-methyl/N-ethyl adjacent to an activating group) is 1. The van der Waals surface area contributed by atoms with Gasteiger partial charge in [0.15, 0.2) is 8.32 Å². The lowest BCUT2D eigenvalue weighted by molar-refractivity contribution is 0.0225. The van der Waals surface area contributed by atoms with Crippen LogP contribution in [0, 0.1) is 0 Å². The van der Waals surface area contributed by atoms with E-state index in [1.165, 1.54) is 19.3 Å². The molecule has 1 aliphatic carbocycles. The Hall–Kier alpha value is -0.163. The van der Waals surface area contributed by atoms with Crippen LogP contribution in [0.15, 0.2) is 12.2 Å². The predicted molar refractivity (Wildman–Crippen MR) is 93.3 cm³/mol. The summed E-state index contributed by atoms with van der Waals surface area (Å²) in [5.74, 6) is 0. The first-order chi connectivity index (χ1) is 9.76. The van der Waals surface area contributed by atoms with Crippen LogP contribution in [-0.4, -0.2) is 51.5 Å². The number of rotatable bonds is 4. The smallest absolute Gasteiger partial charge is 0.192 e. The van der Waals surface area contributed by atoms with E-state index in [1.54, 1.807) is 0 Å². The lowest BCUT2D eigenvalue weighted by atomic mass is 9.87. The summed E-state index contributed by atoms with van der Waals surface area (Å²) in [5, 5.41) is 3.84. The molecule has 0 spiro atoms. The zero-order chi connectivity index (χ0) is 15.7. The van der Waals surface area contributed by atoms with Gasteiger partial charge in [-0.15, -0.1) is 0 Å². The third kappa shape index (κ3) is 3.78. The fourth-order valence-corrected chi connectivity index (χ4v) is 4.73. The van der Waals surface area contributed by atoms with E-state index in [-0.39, 0.29) is 5.04 Å². The molecule has 2 rings (SSSR count). The summed E-state index contributed by atoms with van der Waals surface area (Å²) < 4.78 is 6.83. The van der Waals surface area contributed by atoms with E-state index >= 15 is 0 Å². The van der Waals surface area contributed by atoms with Gasteiger partial charge >= 0.3 is 0 Å². The Morgan fingerprint density at radius 1 is 1.14 bits per heavy atom. The summed E-state index contributed by atoms with van der Waals surface area (Å²) >= 11 is 0. The highest BCUT2D eigenvalue weighted by atomic mass is 28.4. The molecule has 0 aromatic rings. The molecule has 1 heterocycles. The van der Waals surface area contributed by atoms with Crippen molar-refractivity contribution in [2.75, 3.05) is 20.1 Å². The minimum absolute atomic E-state index is 0.285. The standard InChI is InChI=1S/C17H34N2OSi/c1-17(2,3)21(5,6)20-15-11-9-10-14(18-4)16(15)19-12-7-8-13-19/h7-8,14-16,18H,9-13H2,1-6H3/t14-,15-,16+/m0/s1. The molecule has 1 aliphatic heterocycles. The van der Waals surface area contributed by atoms with E-state index in [0.717, 1.165) is 13.1 Å². The highest BCUT2D eigenvalue weighted by Gasteiger charge is 2.44. The number of nitrogens with one attached hydrogen (secondary N) is 1. The van der Waals surface area contributed by atoms with Gasteiger partial charge < -0.3 is 9.74 Å². The van der Waals surface area contributed by atoms with Crippen LogP contribution in [-0.2, 0) is 4.43 Å². The molecule has 0 amide bonds. The molecular weight excluding hydrogens is 276 g/mol. The summed E-state index contributed by atoms with van der Waals surface area (Å²) in [4.78, 5) is 2.60. The van der Waals surface area contributed by atoms with Crippen LogP contribution in [0.2, 0.25) is 18.1 Å². The second-order valence-electron chi connectivity index (χ2n) is 8.16. The van der Waals surface area contributed by atoms with E-state index in [2.05, 4.69) is 63.3 Å². The van der Waals surface area contributed by atoms with Crippen LogP contribution >= 0.6 is 0 Å². The van der Waals surface area contributed by atoms with E-state index in [4.69, 9.17) is 4.43 Å². The van der Waals surface area contributed by atoms with E-state index < -0.39 is 8.32 Å². The normalized spacial score (nSPS) is 31.8. The topological polar surface area (TPSA) is 24.5 Å². The van der Waals surface area contributed by atoms with Crippen molar-refractivity contribution < 1.29 is 4.43 Å². The Labute approximate surface area is 132 Å². The summed E-state index contributed by atoms with van der Waals surface area (Å²) in [6, 6.07) is 1.08. The van der Waals surface area contributed by atoms with Crippen LogP contribution in [0.1, 0.15) is 40.0 Å². The molecule has 1 N–H and O–H groups in total. The maximum Gasteiger partial charge on any atom is 0.192 e. The van der Waals surface area contributed by atoms with Crippen molar-refractivity contribution in [1.29, 1.82) is 0 Å². The quantitative estimate of drug-likeness (QED) is 0.636. The highest BCUT2D eigenvalue weighted by molar-refractivity contribution is 6.74. The first-order valence-electron chi connectivity index (χ1n) is 8.50. The van der Waals surface area contributed by atoms with Gasteiger partial charge in [-0.3, -0.25) is 4.90 Å². The fourth-order valence-electron chi connectivity index (χ4n) is 3.37. The molecule has 3 atom stereocenters. The van der Waals surface area contributed by atoms with E-state index in [9.17, 15) is 0 Å². The first-order valence-corrected chi connectivity index (χ1v) is 11.4. The molecule has 4 heteroatoms. The third-order valence-corrected chi connectivity index (χ3v) is 10.2. The molecule has 21 heavy (non-hydrogen) atoms. The SMILES string of the molecule is CN[C@H]1CCC[C@H](O[Si](C)(C)C(C)(C)C)[C@@H]1N1CC=CC1. The van der Waals surface area contributed by atoms with Crippen molar-refractivity contribution in [2.24, 2.45) is 0 Å². The number of hydrogen-bond acceptors (Lipinski definition) is 3. The summed E-state index contributed by atoms with van der Waals surface area (Å²) in [7, 11) is 0.405. The Morgan fingerprint density at radius 3 is 2.29 bits per heavy atom. The van der Waals surface area contributed by atoms with Crippen molar-refractivity contribution in [3.8, 4) is 0 Å². The number of nitrogens with zero attached hydrogens (tertiary/aromatic N) is 1. The van der Waals surface area contributed by atoms with E-state index in [1.807, 2.05) is 0 Å². The van der Waals surface area contributed by atoms with Crippen molar-refractivity contribution >= 4 is 8.32 Å². The minimum atomic E-state index is -1.70. The Bertz CT molecular complexity index is 365. The second kappa shape index (κ2) is 6.53. The number of hydrogen-bond donors (Lipinski definition) is 1. The van der Waals surface area contributed by atoms with Gasteiger partial charge in [0.05, 0.1) is 12.1 Å². The molecular formula is C17H34N2OSi. The lowest BCUT2D eigenvalue weighted by Gasteiger charge is -2.48. The average molecular weight is 311 g/mol. The first kappa shape index (κ1) is 17.2. The predicted octanol–water partition coefficient (Wildman–Crippen LogP) is 3.39. The molecule has 122 valence electrons. The third-order valence-electron chi connectivity index (χ3n) is 5.69. The van der Waals surface area contributed by atoms with Gasteiger partial charge in [-0.25, -0.2) is 0 Å². The maximum atomic E-state index is 6.83. The monoisotopic (exact) mass is 310 g/mol.